The molecule has 4 rings (SSSR count). The molecular formula is C34H42N6O15S. The van der Waals surface area contributed by atoms with Crippen LogP contribution in [0.25, 0.3) is 0 Å². The molecule has 3 aliphatic heterocycles. The molecule has 1 aromatic rings. The van der Waals surface area contributed by atoms with Crippen molar-refractivity contribution in [3.05, 3.63) is 23.8 Å². The normalized spacial score (nSPS) is 23.2. The summed E-state index contributed by atoms with van der Waals surface area (Å²) in [6.45, 7) is 9.64. The van der Waals surface area contributed by atoms with E-state index in [0.717, 1.165) is 36.9 Å². The summed E-state index contributed by atoms with van der Waals surface area (Å²) in [7, 11) is 0. The van der Waals surface area contributed by atoms with Crippen LogP contribution in [-0.2, 0) is 63.8 Å². The molecule has 5 atom stereocenters. The number of ether oxygens (including phenoxy) is 4. The van der Waals surface area contributed by atoms with E-state index in [-0.39, 0.29) is 37.4 Å². The molecule has 0 spiro atoms. The Morgan fingerprint density at radius 1 is 0.982 bits per heavy atom. The summed E-state index contributed by atoms with van der Waals surface area (Å²) in [6, 6.07) is -1.33. The SMILES string of the molecule is CCN1CCN(C(=O)NC(C(=O)N[C@@]2(C(=O)OCOC(=O)C(C)(C)C)N3C(=O)[C@@H](NC=O)[C@H]3[S+]([O-])C2(C)C)c2ccc(OC(C)=O)c(OC(C)=O)c2)C(=O)C1=O. The van der Waals surface area contributed by atoms with Crippen LogP contribution in [0.15, 0.2) is 18.2 Å². The Kier molecular flexibility index (Phi) is 12.4. The molecule has 1 aromatic carbocycles. The number of hydrogen-bond acceptors (Lipinski definition) is 15. The zero-order chi connectivity index (χ0) is 42.1. The van der Waals surface area contributed by atoms with E-state index in [4.69, 9.17) is 18.9 Å². The topological polar surface area (TPSA) is 276 Å². The predicted molar refractivity (Wildman–Crippen MR) is 188 cm³/mol. The fourth-order valence-electron chi connectivity index (χ4n) is 6.17. The largest absolute Gasteiger partial charge is 0.614 e. The molecule has 21 nitrogen and oxygen atoms in total. The highest BCUT2D eigenvalue weighted by atomic mass is 32.2. The van der Waals surface area contributed by atoms with Crippen molar-refractivity contribution in [2.45, 2.75) is 83.3 Å². The molecule has 304 valence electrons. The molecule has 3 fully saturated rings. The molecule has 3 saturated heterocycles. The van der Waals surface area contributed by atoms with E-state index >= 15 is 0 Å². The summed E-state index contributed by atoms with van der Waals surface area (Å²) < 4.78 is 32.7. The summed E-state index contributed by atoms with van der Waals surface area (Å²) in [5, 5.41) is 5.59. The fraction of sp³-hybridized carbons (Fsp3) is 0.529. The molecular weight excluding hydrogens is 764 g/mol. The third-order valence-corrected chi connectivity index (χ3v) is 11.3. The lowest BCUT2D eigenvalue weighted by atomic mass is 9.87. The minimum Gasteiger partial charge on any atom is -0.614 e. The highest BCUT2D eigenvalue weighted by molar-refractivity contribution is 7.94. The van der Waals surface area contributed by atoms with Crippen molar-refractivity contribution in [3.63, 3.8) is 0 Å². The lowest BCUT2D eigenvalue weighted by Crippen LogP contribution is -2.80. The Bertz CT molecular complexity index is 1860. The number of benzene rings is 1. The first-order chi connectivity index (χ1) is 26.0. The summed E-state index contributed by atoms with van der Waals surface area (Å²) in [6.07, 6.45) is 0.186. The molecule has 3 heterocycles. The maximum absolute atomic E-state index is 14.7. The van der Waals surface area contributed by atoms with Crippen molar-refractivity contribution in [3.8, 4) is 11.5 Å². The number of nitrogens with zero attached hydrogens (tertiary/aromatic N) is 3. The molecule has 7 amide bonds. The third kappa shape index (κ3) is 7.83. The number of esters is 4. The maximum Gasteiger partial charge on any atom is 0.362 e. The number of carbonyl (C=O) groups is 10. The van der Waals surface area contributed by atoms with Crippen molar-refractivity contribution in [1.29, 1.82) is 0 Å². The Morgan fingerprint density at radius 2 is 1.61 bits per heavy atom. The molecule has 2 unspecified atom stereocenters. The third-order valence-electron chi connectivity index (χ3n) is 9.11. The van der Waals surface area contributed by atoms with Gasteiger partial charge in [0.15, 0.2) is 22.3 Å². The zero-order valence-electron chi connectivity index (χ0n) is 31.7. The number of amides is 7. The molecule has 56 heavy (non-hydrogen) atoms. The number of fused-ring (bicyclic) bond motifs is 1. The van der Waals surface area contributed by atoms with Crippen LogP contribution in [0.3, 0.4) is 0 Å². The van der Waals surface area contributed by atoms with Gasteiger partial charge < -0.3 is 44.4 Å². The fourth-order valence-corrected chi connectivity index (χ4v) is 8.19. The molecule has 3 N–H and O–H groups in total. The zero-order valence-corrected chi connectivity index (χ0v) is 32.6. The standard InChI is InChI=1S/C34H42N6O15S/c1-9-38-12-13-39(27(47)26(38)46)31(50)36-22(19-10-11-20(54-17(2)42)21(14-19)55-18(3)43)24(44)37-34(30(49)53-16-52-29(48)32(4,5)6)33(7,8)56(51)28-23(35-15-41)25(45)40(28)34/h10-11,14-15,22-23,28H,9,12-13,16H2,1-8H3,(H,35,41)(H,36,50)(H,37,44)/t22?,23-,28-,34+,56?/m1/s1. The van der Waals surface area contributed by atoms with Gasteiger partial charge in [-0.15, -0.1) is 0 Å². The van der Waals surface area contributed by atoms with Gasteiger partial charge in [-0.05, 0) is 70.4 Å². The smallest absolute Gasteiger partial charge is 0.362 e. The molecule has 0 bridgehead atoms. The van der Waals surface area contributed by atoms with Gasteiger partial charge >= 0.3 is 41.7 Å². The predicted octanol–water partition coefficient (Wildman–Crippen LogP) is -1.30. The van der Waals surface area contributed by atoms with Gasteiger partial charge in [0, 0.05) is 33.5 Å². The Hall–Kier alpha value is -5.77. The quantitative estimate of drug-likeness (QED) is 0.0421. The number of likely N-dealkylation sites (N-methyl/N-ethyl adjacent to an activating group) is 1. The summed E-state index contributed by atoms with van der Waals surface area (Å²) in [4.78, 5) is 132. The van der Waals surface area contributed by atoms with E-state index in [9.17, 15) is 52.5 Å². The van der Waals surface area contributed by atoms with E-state index < -0.39 is 111 Å². The summed E-state index contributed by atoms with van der Waals surface area (Å²) >= 11 is -2.24. The maximum atomic E-state index is 14.7. The lowest BCUT2D eigenvalue weighted by Gasteiger charge is -2.46. The molecule has 0 aromatic heterocycles. The van der Waals surface area contributed by atoms with Gasteiger partial charge in [-0.3, -0.25) is 48.2 Å². The highest BCUT2D eigenvalue weighted by Crippen LogP contribution is 2.52. The van der Waals surface area contributed by atoms with Crippen molar-refractivity contribution in [2.24, 2.45) is 5.41 Å². The van der Waals surface area contributed by atoms with Gasteiger partial charge in [0.2, 0.25) is 24.5 Å². The van der Waals surface area contributed by atoms with E-state index in [1.54, 1.807) is 6.92 Å². The first-order valence-electron chi connectivity index (χ1n) is 17.1. The van der Waals surface area contributed by atoms with E-state index in [1.807, 2.05) is 0 Å². The lowest BCUT2D eigenvalue weighted by molar-refractivity contribution is -0.192. The van der Waals surface area contributed by atoms with Crippen molar-refractivity contribution < 1.29 is 71.4 Å². The molecule has 22 heteroatoms. The van der Waals surface area contributed by atoms with E-state index in [2.05, 4.69) is 16.0 Å². The van der Waals surface area contributed by atoms with Gasteiger partial charge in [-0.1, -0.05) is 6.07 Å². The van der Waals surface area contributed by atoms with Crippen LogP contribution in [0.1, 0.15) is 67.0 Å². The number of nitrogens with one attached hydrogen (secondary N) is 3. The number of β-lactam (4-membered cyclic amide) rings is 1. The Labute approximate surface area is 323 Å². The second-order valence-electron chi connectivity index (χ2n) is 14.2. The van der Waals surface area contributed by atoms with Crippen molar-refractivity contribution in [2.75, 3.05) is 26.4 Å². The molecule has 3 aliphatic rings. The minimum atomic E-state index is -2.69. The number of imide groups is 1. The Morgan fingerprint density at radius 3 is 2.18 bits per heavy atom. The average Bonchev–Trinajstić information content (AvgIpc) is 3.26. The van der Waals surface area contributed by atoms with Crippen molar-refractivity contribution in [1.82, 2.24) is 30.7 Å². The summed E-state index contributed by atoms with van der Waals surface area (Å²) in [5.74, 6) is -9.11. The van der Waals surface area contributed by atoms with Crippen LogP contribution in [0.2, 0.25) is 0 Å². The second-order valence-corrected chi connectivity index (χ2v) is 16.3. The minimum absolute atomic E-state index is 0.0395. The van der Waals surface area contributed by atoms with E-state index in [1.165, 1.54) is 39.5 Å². The number of carbonyl (C=O) groups excluding carboxylic acids is 10. The molecule has 0 aliphatic carbocycles. The monoisotopic (exact) mass is 806 g/mol. The number of piperazine rings is 1. The van der Waals surface area contributed by atoms with Gasteiger partial charge in [0.25, 0.3) is 11.6 Å². The number of rotatable bonds is 12. The van der Waals surface area contributed by atoms with Crippen LogP contribution in [0.4, 0.5) is 4.79 Å². The first kappa shape index (κ1) is 43.0. The van der Waals surface area contributed by atoms with Crippen LogP contribution < -0.4 is 25.4 Å². The van der Waals surface area contributed by atoms with Gasteiger partial charge in [0.05, 0.1) is 5.41 Å². The number of hydrogen-bond donors (Lipinski definition) is 3. The van der Waals surface area contributed by atoms with Crippen LogP contribution in [0, 0.1) is 5.41 Å². The second kappa shape index (κ2) is 16.1. The molecule has 0 saturated carbocycles. The van der Waals surface area contributed by atoms with Crippen LogP contribution in [0.5, 0.6) is 11.5 Å². The Balaban J connectivity index is 1.84. The number of urea groups is 1. The van der Waals surface area contributed by atoms with Gasteiger partial charge in [0.1, 0.15) is 6.04 Å². The van der Waals surface area contributed by atoms with E-state index in [0.29, 0.717) is 4.90 Å². The van der Waals surface area contributed by atoms with Gasteiger partial charge in [-0.25, -0.2) is 9.59 Å². The van der Waals surface area contributed by atoms with Crippen molar-refractivity contribution >= 4 is 71.1 Å². The average molecular weight is 807 g/mol. The first-order valence-corrected chi connectivity index (χ1v) is 18.3. The van der Waals surface area contributed by atoms with Crippen LogP contribution in [-0.4, -0.2) is 127 Å². The van der Waals surface area contributed by atoms with Gasteiger partial charge in [-0.2, -0.15) is 0 Å². The highest BCUT2D eigenvalue weighted by Gasteiger charge is 2.82. The van der Waals surface area contributed by atoms with Crippen LogP contribution >= 0.6 is 0 Å². The summed E-state index contributed by atoms with van der Waals surface area (Å²) in [5.41, 5.74) is -3.94. The molecule has 0 radical (unpaired) electrons.